The van der Waals surface area contributed by atoms with Gasteiger partial charge in [-0.05, 0) is 24.6 Å². The molecule has 2 aromatic carbocycles. The number of nitrogens with zero attached hydrogens (tertiary/aromatic N) is 3. The third kappa shape index (κ3) is 3.72. The quantitative estimate of drug-likeness (QED) is 0.671. The van der Waals surface area contributed by atoms with Crippen molar-refractivity contribution in [1.82, 2.24) is 20.1 Å². The number of rotatable bonds is 4. The van der Waals surface area contributed by atoms with Crippen molar-refractivity contribution in [1.29, 1.82) is 0 Å². The maximum atomic E-state index is 13.8. The van der Waals surface area contributed by atoms with Crippen molar-refractivity contribution in [2.75, 3.05) is 0 Å². The Kier molecular flexibility index (Phi) is 4.81. The fraction of sp³-hybridized carbons (Fsp3) is 0.250. The van der Waals surface area contributed by atoms with E-state index in [0.717, 1.165) is 12.1 Å². The second kappa shape index (κ2) is 7.31. The first-order valence-corrected chi connectivity index (χ1v) is 8.97. The van der Waals surface area contributed by atoms with E-state index in [1.165, 1.54) is 18.2 Å². The summed E-state index contributed by atoms with van der Waals surface area (Å²) >= 11 is 0. The molecule has 1 amide bonds. The molecule has 4 rings (SSSR count). The molecule has 29 heavy (non-hydrogen) atoms. The van der Waals surface area contributed by atoms with Crippen LogP contribution in [0.1, 0.15) is 29.4 Å². The van der Waals surface area contributed by atoms with Crippen LogP contribution in [-0.2, 0) is 23.9 Å². The van der Waals surface area contributed by atoms with Crippen LogP contribution in [-0.4, -0.2) is 20.7 Å². The van der Waals surface area contributed by atoms with Gasteiger partial charge in [0, 0.05) is 24.1 Å². The van der Waals surface area contributed by atoms with Crippen molar-refractivity contribution in [3.63, 3.8) is 0 Å². The van der Waals surface area contributed by atoms with E-state index >= 15 is 0 Å². The zero-order valence-corrected chi connectivity index (χ0v) is 15.1. The van der Waals surface area contributed by atoms with Crippen molar-refractivity contribution < 1.29 is 22.4 Å². The number of hydrogen-bond acceptors (Lipinski definition) is 3. The van der Waals surface area contributed by atoms with Crippen LogP contribution in [0.4, 0.5) is 17.6 Å². The smallest absolute Gasteiger partial charge is 0.350 e. The van der Waals surface area contributed by atoms with Crippen molar-refractivity contribution in [3.05, 3.63) is 71.3 Å². The number of carbonyl (C=O) groups excluding carboxylic acids is 1. The molecule has 1 aliphatic heterocycles. The Bertz CT molecular complexity index is 1060. The summed E-state index contributed by atoms with van der Waals surface area (Å²) in [7, 11) is 0. The molecule has 1 atom stereocenters. The van der Waals surface area contributed by atoms with Gasteiger partial charge in [0.25, 0.3) is 0 Å². The molecule has 0 saturated heterocycles. The lowest BCUT2D eigenvalue weighted by Gasteiger charge is -2.16. The van der Waals surface area contributed by atoms with E-state index in [-0.39, 0.29) is 23.8 Å². The van der Waals surface area contributed by atoms with E-state index < -0.39 is 23.6 Å². The number of nitrogens with one attached hydrogen (secondary N) is 1. The first kappa shape index (κ1) is 19.1. The molecule has 5 nitrogen and oxygen atoms in total. The molecule has 0 spiro atoms. The molecule has 0 bridgehead atoms. The lowest BCUT2D eigenvalue weighted by molar-refractivity contribution is -0.137. The third-order valence-corrected chi connectivity index (χ3v) is 4.88. The number of amides is 1. The summed E-state index contributed by atoms with van der Waals surface area (Å²) in [6.07, 6.45) is -3.57. The highest BCUT2D eigenvalue weighted by atomic mass is 19.4. The van der Waals surface area contributed by atoms with Gasteiger partial charge in [0.15, 0.2) is 5.82 Å². The number of carbonyl (C=O) groups is 1. The Morgan fingerprint density at radius 1 is 1.14 bits per heavy atom. The lowest BCUT2D eigenvalue weighted by atomic mass is 10.1. The SMILES string of the molecule is O=C(NCc1ccccc1F)C1CCc2nnc(-c3cccc(C(F)(F)F)c3)n21. The maximum Gasteiger partial charge on any atom is 0.416 e. The highest BCUT2D eigenvalue weighted by Crippen LogP contribution is 2.35. The van der Waals surface area contributed by atoms with Gasteiger partial charge in [0.1, 0.15) is 17.7 Å². The van der Waals surface area contributed by atoms with Gasteiger partial charge in [-0.1, -0.05) is 30.3 Å². The Balaban J connectivity index is 1.59. The number of aryl methyl sites for hydroxylation is 1. The molecule has 1 aliphatic rings. The molecule has 0 saturated carbocycles. The van der Waals surface area contributed by atoms with Crippen molar-refractivity contribution in [3.8, 4) is 11.4 Å². The maximum absolute atomic E-state index is 13.8. The molecule has 1 aromatic heterocycles. The Morgan fingerprint density at radius 2 is 1.93 bits per heavy atom. The summed E-state index contributed by atoms with van der Waals surface area (Å²) in [5.74, 6) is -0.0491. The molecule has 0 fully saturated rings. The molecular formula is C20H16F4N4O. The van der Waals surface area contributed by atoms with Crippen LogP contribution in [0.25, 0.3) is 11.4 Å². The lowest BCUT2D eigenvalue weighted by Crippen LogP contribution is -2.31. The van der Waals surface area contributed by atoms with Crippen LogP contribution >= 0.6 is 0 Å². The second-order valence-corrected chi connectivity index (χ2v) is 6.75. The minimum atomic E-state index is -4.49. The molecule has 1 unspecified atom stereocenters. The zero-order chi connectivity index (χ0) is 20.6. The van der Waals surface area contributed by atoms with Crippen molar-refractivity contribution >= 4 is 5.91 Å². The number of fused-ring (bicyclic) bond motifs is 1. The average Bonchev–Trinajstić information content (AvgIpc) is 3.29. The number of benzene rings is 2. The fourth-order valence-electron chi connectivity index (χ4n) is 3.44. The molecule has 2 heterocycles. The summed E-state index contributed by atoms with van der Waals surface area (Å²) < 4.78 is 54.5. The van der Waals surface area contributed by atoms with E-state index in [2.05, 4.69) is 15.5 Å². The van der Waals surface area contributed by atoms with E-state index in [9.17, 15) is 22.4 Å². The summed E-state index contributed by atoms with van der Waals surface area (Å²) in [6.45, 7) is 0.0123. The molecular weight excluding hydrogens is 388 g/mol. The molecule has 3 aromatic rings. The monoisotopic (exact) mass is 404 g/mol. The Labute approximate surface area is 163 Å². The van der Waals surface area contributed by atoms with E-state index in [4.69, 9.17) is 0 Å². The van der Waals surface area contributed by atoms with Crippen molar-refractivity contribution in [2.24, 2.45) is 0 Å². The Hall–Kier alpha value is -3.23. The van der Waals surface area contributed by atoms with E-state index in [1.807, 2.05) is 0 Å². The standard InChI is InChI=1S/C20H16F4N4O/c21-15-7-2-1-4-13(15)11-25-19(29)16-8-9-17-26-27-18(28(16)17)12-5-3-6-14(10-12)20(22,23)24/h1-7,10,16H,8-9,11H2,(H,25,29). The van der Waals surface area contributed by atoms with Crippen LogP contribution in [0, 0.1) is 5.82 Å². The third-order valence-electron chi connectivity index (χ3n) is 4.88. The summed E-state index contributed by atoms with van der Waals surface area (Å²) in [4.78, 5) is 12.7. The van der Waals surface area contributed by atoms with Crippen LogP contribution in [0.2, 0.25) is 0 Å². The van der Waals surface area contributed by atoms with Crippen LogP contribution < -0.4 is 5.32 Å². The molecule has 150 valence electrons. The van der Waals surface area contributed by atoms with E-state index in [0.29, 0.717) is 24.2 Å². The largest absolute Gasteiger partial charge is 0.416 e. The number of halogens is 4. The van der Waals surface area contributed by atoms with Crippen LogP contribution in [0.15, 0.2) is 48.5 Å². The Morgan fingerprint density at radius 3 is 2.69 bits per heavy atom. The summed E-state index contributed by atoms with van der Waals surface area (Å²) in [6, 6.07) is 10.2. The van der Waals surface area contributed by atoms with Crippen molar-refractivity contribution in [2.45, 2.75) is 31.6 Å². The van der Waals surface area contributed by atoms with E-state index in [1.54, 1.807) is 22.8 Å². The normalized spacial score (nSPS) is 15.9. The van der Waals surface area contributed by atoms with Gasteiger partial charge in [0.05, 0.1) is 5.56 Å². The molecule has 1 N–H and O–H groups in total. The zero-order valence-electron chi connectivity index (χ0n) is 15.1. The number of hydrogen-bond donors (Lipinski definition) is 1. The first-order chi connectivity index (χ1) is 13.8. The van der Waals surface area contributed by atoms with Crippen LogP contribution in [0.5, 0.6) is 0 Å². The second-order valence-electron chi connectivity index (χ2n) is 6.75. The summed E-state index contributed by atoms with van der Waals surface area (Å²) in [5, 5.41) is 10.7. The predicted molar refractivity (Wildman–Crippen MR) is 96.1 cm³/mol. The van der Waals surface area contributed by atoms with Gasteiger partial charge in [-0.3, -0.25) is 9.36 Å². The average molecular weight is 404 g/mol. The number of aromatic nitrogens is 3. The highest BCUT2D eigenvalue weighted by molar-refractivity contribution is 5.81. The van der Waals surface area contributed by atoms with Gasteiger partial charge in [-0.15, -0.1) is 10.2 Å². The molecule has 0 aliphatic carbocycles. The fourth-order valence-corrected chi connectivity index (χ4v) is 3.44. The molecule has 0 radical (unpaired) electrons. The minimum absolute atomic E-state index is 0.0123. The number of alkyl halides is 3. The predicted octanol–water partition coefficient (Wildman–Crippen LogP) is 3.91. The van der Waals surface area contributed by atoms with Gasteiger partial charge in [0.2, 0.25) is 5.91 Å². The van der Waals surface area contributed by atoms with Gasteiger partial charge < -0.3 is 5.32 Å². The first-order valence-electron chi connectivity index (χ1n) is 8.97. The topological polar surface area (TPSA) is 59.8 Å². The molecule has 9 heteroatoms. The van der Waals surface area contributed by atoms with Gasteiger partial charge >= 0.3 is 6.18 Å². The summed E-state index contributed by atoms with van der Waals surface area (Å²) in [5.41, 5.74) is -0.223. The minimum Gasteiger partial charge on any atom is -0.350 e. The van der Waals surface area contributed by atoms with Gasteiger partial charge in [-0.25, -0.2) is 4.39 Å². The van der Waals surface area contributed by atoms with Crippen LogP contribution in [0.3, 0.4) is 0 Å². The highest BCUT2D eigenvalue weighted by Gasteiger charge is 2.34. The van der Waals surface area contributed by atoms with Gasteiger partial charge in [-0.2, -0.15) is 13.2 Å².